The standard InChI is InChI=1S/C10H14N2OS/c1-8-6-11-3-4-12(8)10(13)9-2-5-14-7-9/h2,5,7-8,11H,3-4,6H2,1H3. The zero-order valence-corrected chi connectivity index (χ0v) is 9.01. The lowest BCUT2D eigenvalue weighted by atomic mass is 10.2. The van der Waals surface area contributed by atoms with Gasteiger partial charge in [-0.3, -0.25) is 4.79 Å². The summed E-state index contributed by atoms with van der Waals surface area (Å²) in [5, 5.41) is 7.13. The minimum absolute atomic E-state index is 0.167. The van der Waals surface area contributed by atoms with Crippen molar-refractivity contribution in [3.8, 4) is 0 Å². The van der Waals surface area contributed by atoms with Crippen LogP contribution < -0.4 is 5.32 Å². The van der Waals surface area contributed by atoms with Crippen molar-refractivity contribution in [1.82, 2.24) is 10.2 Å². The van der Waals surface area contributed by atoms with Gasteiger partial charge in [-0.15, -0.1) is 0 Å². The van der Waals surface area contributed by atoms with Crippen molar-refractivity contribution in [3.05, 3.63) is 22.4 Å². The summed E-state index contributed by atoms with van der Waals surface area (Å²) in [7, 11) is 0. The van der Waals surface area contributed by atoms with E-state index in [4.69, 9.17) is 0 Å². The van der Waals surface area contributed by atoms with Gasteiger partial charge < -0.3 is 10.2 Å². The summed E-state index contributed by atoms with van der Waals surface area (Å²) in [6, 6.07) is 2.19. The van der Waals surface area contributed by atoms with Crippen LogP contribution in [0.3, 0.4) is 0 Å². The Morgan fingerprint density at radius 2 is 2.57 bits per heavy atom. The Kier molecular flexibility index (Phi) is 2.84. The molecule has 14 heavy (non-hydrogen) atoms. The van der Waals surface area contributed by atoms with Gasteiger partial charge in [-0.1, -0.05) is 0 Å². The number of rotatable bonds is 1. The molecule has 1 aliphatic rings. The van der Waals surface area contributed by atoms with Gasteiger partial charge in [0.25, 0.3) is 5.91 Å². The summed E-state index contributed by atoms with van der Waals surface area (Å²) in [5.74, 6) is 0.167. The smallest absolute Gasteiger partial charge is 0.255 e. The molecule has 0 aliphatic carbocycles. The molecule has 0 spiro atoms. The Bertz CT molecular complexity index is 310. The molecule has 1 unspecified atom stereocenters. The summed E-state index contributed by atoms with van der Waals surface area (Å²) in [4.78, 5) is 13.9. The van der Waals surface area contributed by atoms with Crippen LogP contribution in [-0.2, 0) is 0 Å². The Labute approximate surface area is 87.7 Å². The summed E-state index contributed by atoms with van der Waals surface area (Å²) in [5.41, 5.74) is 0.823. The maximum atomic E-state index is 12.0. The number of hydrogen-bond donors (Lipinski definition) is 1. The fraction of sp³-hybridized carbons (Fsp3) is 0.500. The first-order valence-electron chi connectivity index (χ1n) is 4.83. The Balaban J connectivity index is 2.10. The normalized spacial score (nSPS) is 22.4. The molecule has 4 heteroatoms. The number of nitrogens with one attached hydrogen (secondary N) is 1. The predicted molar refractivity (Wildman–Crippen MR) is 57.7 cm³/mol. The second-order valence-corrected chi connectivity index (χ2v) is 4.34. The van der Waals surface area contributed by atoms with E-state index in [9.17, 15) is 4.79 Å². The zero-order valence-electron chi connectivity index (χ0n) is 8.19. The fourth-order valence-corrected chi connectivity index (χ4v) is 2.32. The highest BCUT2D eigenvalue weighted by atomic mass is 32.1. The summed E-state index contributed by atoms with van der Waals surface area (Å²) in [6.45, 7) is 4.70. The molecule has 0 bridgehead atoms. The molecule has 1 fully saturated rings. The first-order chi connectivity index (χ1) is 6.79. The molecule has 0 saturated carbocycles. The minimum Gasteiger partial charge on any atom is -0.333 e. The van der Waals surface area contributed by atoms with Gasteiger partial charge >= 0.3 is 0 Å². The van der Waals surface area contributed by atoms with Crippen LogP contribution >= 0.6 is 11.3 Å². The molecular formula is C10H14N2OS. The van der Waals surface area contributed by atoms with Gasteiger partial charge in [0.2, 0.25) is 0 Å². The monoisotopic (exact) mass is 210 g/mol. The number of thiophene rings is 1. The van der Waals surface area contributed by atoms with Crippen molar-refractivity contribution >= 4 is 17.2 Å². The second kappa shape index (κ2) is 4.11. The van der Waals surface area contributed by atoms with Crippen LogP contribution in [0.4, 0.5) is 0 Å². The van der Waals surface area contributed by atoms with Crippen molar-refractivity contribution in [1.29, 1.82) is 0 Å². The van der Waals surface area contributed by atoms with Gasteiger partial charge in [-0.2, -0.15) is 11.3 Å². The van der Waals surface area contributed by atoms with Crippen LogP contribution in [0.15, 0.2) is 16.8 Å². The highest BCUT2D eigenvalue weighted by Crippen LogP contribution is 2.12. The van der Waals surface area contributed by atoms with E-state index in [0.717, 1.165) is 25.2 Å². The Morgan fingerprint density at radius 1 is 1.71 bits per heavy atom. The van der Waals surface area contributed by atoms with Crippen LogP contribution in [0.25, 0.3) is 0 Å². The van der Waals surface area contributed by atoms with E-state index >= 15 is 0 Å². The van der Waals surface area contributed by atoms with Gasteiger partial charge in [-0.05, 0) is 18.4 Å². The number of hydrogen-bond acceptors (Lipinski definition) is 3. The van der Waals surface area contributed by atoms with Crippen LogP contribution in [0.2, 0.25) is 0 Å². The Hall–Kier alpha value is -0.870. The van der Waals surface area contributed by atoms with Crippen molar-refractivity contribution < 1.29 is 4.79 Å². The van der Waals surface area contributed by atoms with Crippen LogP contribution in [0.5, 0.6) is 0 Å². The molecule has 0 aromatic carbocycles. The number of nitrogens with zero attached hydrogens (tertiary/aromatic N) is 1. The van der Waals surface area contributed by atoms with Gasteiger partial charge in [-0.25, -0.2) is 0 Å². The van der Waals surface area contributed by atoms with E-state index in [1.54, 1.807) is 11.3 Å². The number of piperazine rings is 1. The van der Waals surface area contributed by atoms with Crippen LogP contribution in [-0.4, -0.2) is 36.5 Å². The molecule has 1 N–H and O–H groups in total. The van der Waals surface area contributed by atoms with Crippen LogP contribution in [0, 0.1) is 0 Å². The second-order valence-electron chi connectivity index (χ2n) is 3.56. The molecule has 1 atom stereocenters. The quantitative estimate of drug-likeness (QED) is 0.755. The van der Waals surface area contributed by atoms with Crippen LogP contribution in [0.1, 0.15) is 17.3 Å². The van der Waals surface area contributed by atoms with E-state index in [1.165, 1.54) is 0 Å². The van der Waals surface area contributed by atoms with E-state index in [2.05, 4.69) is 12.2 Å². The average molecular weight is 210 g/mol. The molecule has 1 saturated heterocycles. The van der Waals surface area contributed by atoms with E-state index in [1.807, 2.05) is 21.7 Å². The molecule has 1 aliphatic heterocycles. The minimum atomic E-state index is 0.167. The Morgan fingerprint density at radius 3 is 3.21 bits per heavy atom. The van der Waals surface area contributed by atoms with Crippen molar-refractivity contribution in [2.75, 3.05) is 19.6 Å². The van der Waals surface area contributed by atoms with E-state index < -0.39 is 0 Å². The summed E-state index contributed by atoms with van der Waals surface area (Å²) in [6.07, 6.45) is 0. The highest BCUT2D eigenvalue weighted by molar-refractivity contribution is 7.08. The lowest BCUT2D eigenvalue weighted by Crippen LogP contribution is -2.52. The first kappa shape index (κ1) is 9.68. The molecule has 1 amide bonds. The fourth-order valence-electron chi connectivity index (χ4n) is 1.69. The van der Waals surface area contributed by atoms with E-state index in [0.29, 0.717) is 6.04 Å². The van der Waals surface area contributed by atoms with Gasteiger partial charge in [0.1, 0.15) is 0 Å². The predicted octanol–water partition coefficient (Wildman–Crippen LogP) is 1.18. The molecule has 76 valence electrons. The molecule has 1 aromatic rings. The molecule has 3 nitrogen and oxygen atoms in total. The summed E-state index contributed by atoms with van der Waals surface area (Å²) < 4.78 is 0. The third-order valence-corrected chi connectivity index (χ3v) is 3.21. The first-order valence-corrected chi connectivity index (χ1v) is 5.77. The highest BCUT2D eigenvalue weighted by Gasteiger charge is 2.23. The summed E-state index contributed by atoms with van der Waals surface area (Å²) >= 11 is 1.57. The maximum absolute atomic E-state index is 12.0. The maximum Gasteiger partial charge on any atom is 0.255 e. The third kappa shape index (κ3) is 1.81. The van der Waals surface area contributed by atoms with Gasteiger partial charge in [0.05, 0.1) is 5.56 Å². The molecule has 2 heterocycles. The number of carbonyl (C=O) groups excluding carboxylic acids is 1. The van der Waals surface area contributed by atoms with Gasteiger partial charge in [0, 0.05) is 31.1 Å². The molecule has 2 rings (SSSR count). The zero-order chi connectivity index (χ0) is 9.97. The molecule has 0 radical (unpaired) electrons. The largest absolute Gasteiger partial charge is 0.333 e. The molecule has 1 aromatic heterocycles. The third-order valence-electron chi connectivity index (χ3n) is 2.53. The average Bonchev–Trinajstić information content (AvgIpc) is 2.70. The van der Waals surface area contributed by atoms with Crippen molar-refractivity contribution in [2.45, 2.75) is 13.0 Å². The van der Waals surface area contributed by atoms with Crippen molar-refractivity contribution in [3.63, 3.8) is 0 Å². The van der Waals surface area contributed by atoms with Gasteiger partial charge in [0.15, 0.2) is 0 Å². The lowest BCUT2D eigenvalue weighted by molar-refractivity contribution is 0.0656. The number of amides is 1. The topological polar surface area (TPSA) is 32.3 Å². The number of carbonyl (C=O) groups is 1. The lowest BCUT2D eigenvalue weighted by Gasteiger charge is -2.33. The SMILES string of the molecule is CC1CNCCN1C(=O)c1ccsc1. The van der Waals surface area contributed by atoms with Crippen molar-refractivity contribution in [2.24, 2.45) is 0 Å². The van der Waals surface area contributed by atoms with E-state index in [-0.39, 0.29) is 5.91 Å². The molecular weight excluding hydrogens is 196 g/mol.